The molecule has 0 aliphatic carbocycles. The molecule has 0 atom stereocenters. The van der Waals surface area contributed by atoms with Crippen LogP contribution in [0.4, 0.5) is 11.5 Å². The number of para-hydroxylation sites is 1. The standard InChI is InChI=1S/C24H20ClN3O4/c1-14(29)28-21-5-3-2-4-19(21)23(32)24(28)27-26-17-9-8-15(20(25)13-17)6-7-16-12-18(30)10-11-22(16)31/h2-5,8-13,30-32H,6-7H2,1H3. The predicted molar refractivity (Wildman–Crippen MR) is 123 cm³/mol. The molecule has 3 aromatic carbocycles. The zero-order chi connectivity index (χ0) is 22.8. The van der Waals surface area contributed by atoms with Gasteiger partial charge in [-0.15, -0.1) is 10.2 Å². The van der Waals surface area contributed by atoms with Crippen molar-refractivity contribution in [2.24, 2.45) is 10.2 Å². The molecule has 7 nitrogen and oxygen atoms in total. The number of hydrogen-bond acceptors (Lipinski definition) is 6. The summed E-state index contributed by atoms with van der Waals surface area (Å²) in [6.07, 6.45) is 1.04. The Hall–Kier alpha value is -3.84. The molecule has 0 aliphatic rings. The van der Waals surface area contributed by atoms with E-state index in [-0.39, 0.29) is 29.0 Å². The first-order valence-corrected chi connectivity index (χ1v) is 10.3. The molecule has 162 valence electrons. The van der Waals surface area contributed by atoms with Gasteiger partial charge < -0.3 is 15.3 Å². The van der Waals surface area contributed by atoms with Crippen LogP contribution in [-0.2, 0) is 12.8 Å². The minimum atomic E-state index is -0.293. The summed E-state index contributed by atoms with van der Waals surface area (Å²) < 4.78 is 1.31. The van der Waals surface area contributed by atoms with Gasteiger partial charge in [0.15, 0.2) is 5.75 Å². The second-order valence-corrected chi connectivity index (χ2v) is 7.74. The molecular weight excluding hydrogens is 430 g/mol. The first-order valence-electron chi connectivity index (χ1n) is 9.89. The third-order valence-corrected chi connectivity index (χ3v) is 5.51. The van der Waals surface area contributed by atoms with Crippen molar-refractivity contribution in [2.75, 3.05) is 0 Å². The van der Waals surface area contributed by atoms with Crippen molar-refractivity contribution in [3.05, 3.63) is 76.8 Å². The van der Waals surface area contributed by atoms with Crippen LogP contribution in [0.2, 0.25) is 5.02 Å². The van der Waals surface area contributed by atoms with Gasteiger partial charge in [-0.2, -0.15) is 0 Å². The first kappa shape index (κ1) is 21.4. The van der Waals surface area contributed by atoms with Crippen molar-refractivity contribution in [3.8, 4) is 17.2 Å². The van der Waals surface area contributed by atoms with E-state index in [0.717, 1.165) is 5.56 Å². The largest absolute Gasteiger partial charge is 0.508 e. The SMILES string of the molecule is CC(=O)n1c(N=Nc2ccc(CCc3cc(O)ccc3O)c(Cl)c2)c(O)c2ccccc21. The molecule has 0 unspecified atom stereocenters. The summed E-state index contributed by atoms with van der Waals surface area (Å²) in [5.41, 5.74) is 2.47. The number of phenolic OH excluding ortho intramolecular Hbond substituents is 2. The van der Waals surface area contributed by atoms with E-state index in [1.54, 1.807) is 42.5 Å². The summed E-state index contributed by atoms with van der Waals surface area (Å²) in [5, 5.41) is 39.3. The van der Waals surface area contributed by atoms with Crippen LogP contribution in [0.3, 0.4) is 0 Å². The molecule has 1 heterocycles. The summed E-state index contributed by atoms with van der Waals surface area (Å²) >= 11 is 6.40. The highest BCUT2D eigenvalue weighted by atomic mass is 35.5. The van der Waals surface area contributed by atoms with E-state index >= 15 is 0 Å². The minimum Gasteiger partial charge on any atom is -0.508 e. The molecule has 0 fully saturated rings. The topological polar surface area (TPSA) is 107 Å². The Bertz CT molecular complexity index is 1360. The van der Waals surface area contributed by atoms with E-state index in [2.05, 4.69) is 10.2 Å². The highest BCUT2D eigenvalue weighted by Gasteiger charge is 2.18. The molecule has 0 bridgehead atoms. The fraction of sp³-hybridized carbons (Fsp3) is 0.125. The highest BCUT2D eigenvalue weighted by molar-refractivity contribution is 6.31. The van der Waals surface area contributed by atoms with Crippen LogP contribution in [0.25, 0.3) is 10.9 Å². The molecule has 0 spiro atoms. The maximum Gasteiger partial charge on any atom is 0.229 e. The number of aryl methyl sites for hydroxylation is 2. The second kappa shape index (κ2) is 8.72. The molecule has 0 amide bonds. The van der Waals surface area contributed by atoms with Gasteiger partial charge >= 0.3 is 0 Å². The van der Waals surface area contributed by atoms with Crippen LogP contribution in [-0.4, -0.2) is 25.8 Å². The smallest absolute Gasteiger partial charge is 0.229 e. The van der Waals surface area contributed by atoms with Crippen LogP contribution in [0.15, 0.2) is 70.9 Å². The molecule has 1 aromatic heterocycles. The van der Waals surface area contributed by atoms with Crippen molar-refractivity contribution in [1.82, 2.24) is 4.57 Å². The summed E-state index contributed by atoms with van der Waals surface area (Å²) in [5.74, 6) is -0.152. The molecule has 0 saturated heterocycles. The minimum absolute atomic E-state index is 0.0539. The van der Waals surface area contributed by atoms with E-state index < -0.39 is 0 Å². The molecule has 0 saturated carbocycles. The third kappa shape index (κ3) is 4.15. The molecule has 4 aromatic rings. The van der Waals surface area contributed by atoms with Crippen molar-refractivity contribution >= 4 is 39.9 Å². The van der Waals surface area contributed by atoms with E-state index in [1.807, 2.05) is 0 Å². The zero-order valence-corrected chi connectivity index (χ0v) is 17.9. The molecular formula is C24H20ClN3O4. The number of rotatable bonds is 5. The lowest BCUT2D eigenvalue weighted by Crippen LogP contribution is -2.03. The number of aromatic nitrogens is 1. The van der Waals surface area contributed by atoms with Gasteiger partial charge in [0.05, 0.1) is 11.2 Å². The van der Waals surface area contributed by atoms with Gasteiger partial charge in [0, 0.05) is 17.3 Å². The number of halogens is 1. The maximum absolute atomic E-state index is 12.1. The lowest BCUT2D eigenvalue weighted by atomic mass is 10.0. The van der Waals surface area contributed by atoms with Gasteiger partial charge in [-0.05, 0) is 66.4 Å². The van der Waals surface area contributed by atoms with Crippen molar-refractivity contribution in [2.45, 2.75) is 19.8 Å². The molecule has 32 heavy (non-hydrogen) atoms. The van der Waals surface area contributed by atoms with Gasteiger partial charge in [0.1, 0.15) is 11.5 Å². The van der Waals surface area contributed by atoms with Crippen LogP contribution in [0.1, 0.15) is 22.8 Å². The number of carbonyl (C=O) groups excluding carboxylic acids is 1. The van der Waals surface area contributed by atoms with Crippen LogP contribution < -0.4 is 0 Å². The lowest BCUT2D eigenvalue weighted by molar-refractivity contribution is 0.0943. The van der Waals surface area contributed by atoms with Crippen LogP contribution in [0.5, 0.6) is 17.2 Å². The summed E-state index contributed by atoms with van der Waals surface area (Å²) in [4.78, 5) is 12.1. The Morgan fingerprint density at radius 3 is 2.44 bits per heavy atom. The molecule has 0 radical (unpaired) electrons. The average molecular weight is 450 g/mol. The number of nitrogens with zero attached hydrogens (tertiary/aromatic N) is 3. The van der Waals surface area contributed by atoms with Gasteiger partial charge in [-0.1, -0.05) is 29.8 Å². The first-order chi connectivity index (χ1) is 15.3. The lowest BCUT2D eigenvalue weighted by Gasteiger charge is -2.07. The number of carbonyl (C=O) groups is 1. The van der Waals surface area contributed by atoms with E-state index in [1.165, 1.54) is 29.7 Å². The van der Waals surface area contributed by atoms with Crippen molar-refractivity contribution in [3.63, 3.8) is 0 Å². The number of fused-ring (bicyclic) bond motifs is 1. The second-order valence-electron chi connectivity index (χ2n) is 7.33. The van der Waals surface area contributed by atoms with Crippen LogP contribution in [0, 0.1) is 0 Å². The van der Waals surface area contributed by atoms with Crippen molar-refractivity contribution < 1.29 is 20.1 Å². The normalized spacial score (nSPS) is 11.4. The fourth-order valence-electron chi connectivity index (χ4n) is 3.57. The monoisotopic (exact) mass is 449 g/mol. The number of azo groups is 1. The van der Waals surface area contributed by atoms with Gasteiger partial charge in [-0.25, -0.2) is 0 Å². The Kier molecular flexibility index (Phi) is 5.83. The molecule has 4 rings (SSSR count). The van der Waals surface area contributed by atoms with E-state index in [9.17, 15) is 20.1 Å². The number of aromatic hydroxyl groups is 3. The number of benzene rings is 3. The zero-order valence-electron chi connectivity index (χ0n) is 17.2. The molecule has 8 heteroatoms. The fourth-order valence-corrected chi connectivity index (χ4v) is 3.84. The van der Waals surface area contributed by atoms with Crippen molar-refractivity contribution in [1.29, 1.82) is 0 Å². The Morgan fingerprint density at radius 1 is 0.938 bits per heavy atom. The summed E-state index contributed by atoms with van der Waals surface area (Å²) in [6, 6.07) is 16.5. The third-order valence-electron chi connectivity index (χ3n) is 5.16. The van der Waals surface area contributed by atoms with Gasteiger partial charge in [-0.3, -0.25) is 9.36 Å². The van der Waals surface area contributed by atoms with Gasteiger partial charge in [0.25, 0.3) is 0 Å². The predicted octanol–water partition coefficient (Wildman–Crippen LogP) is 6.27. The van der Waals surface area contributed by atoms with E-state index in [4.69, 9.17) is 11.6 Å². The quantitative estimate of drug-likeness (QED) is 0.246. The van der Waals surface area contributed by atoms with Crippen LogP contribution >= 0.6 is 11.6 Å². The Labute approximate surface area is 188 Å². The number of phenols is 2. The number of hydrogen-bond donors (Lipinski definition) is 3. The maximum atomic E-state index is 12.1. The highest BCUT2D eigenvalue weighted by Crippen LogP contribution is 2.39. The van der Waals surface area contributed by atoms with Gasteiger partial charge in [0.2, 0.25) is 11.7 Å². The average Bonchev–Trinajstić information content (AvgIpc) is 3.06. The Morgan fingerprint density at radius 2 is 1.69 bits per heavy atom. The molecule has 0 aliphatic heterocycles. The summed E-state index contributed by atoms with van der Waals surface area (Å²) in [7, 11) is 0. The molecule has 3 N–H and O–H groups in total. The summed E-state index contributed by atoms with van der Waals surface area (Å²) in [6.45, 7) is 1.39. The Balaban J connectivity index is 1.58. The van der Waals surface area contributed by atoms with E-state index in [0.29, 0.717) is 40.0 Å².